The van der Waals surface area contributed by atoms with Crippen molar-refractivity contribution in [2.24, 2.45) is 47.3 Å². The number of allylic oxidation sites excluding steroid dienone is 8. The van der Waals surface area contributed by atoms with E-state index in [1.54, 1.807) is 21.1 Å². The number of piperidine rings is 1. The lowest BCUT2D eigenvalue weighted by Gasteiger charge is -2.43. The Labute approximate surface area is 437 Å². The number of nitrogens with zero attached hydrogens (tertiary/aromatic N) is 1. The topological polar surface area (TPSA) is 172 Å². The van der Waals surface area contributed by atoms with Crippen molar-refractivity contribution >= 4 is 23.2 Å². The Morgan fingerprint density at radius 1 is 0.836 bits per heavy atom. The molecule has 2 aliphatic carbocycles. The van der Waals surface area contributed by atoms with Crippen LogP contribution in [0.15, 0.2) is 71.9 Å². The number of hydrogen-bond donors (Lipinski definition) is 4. The number of amides is 1. The lowest BCUT2D eigenvalue weighted by atomic mass is 9.78. The van der Waals surface area contributed by atoms with Crippen molar-refractivity contribution in [3.63, 3.8) is 0 Å². The fourth-order valence-corrected chi connectivity index (χ4v) is 12.7. The predicted molar refractivity (Wildman–Crippen MR) is 286 cm³/mol. The molecule has 3 aliphatic heterocycles. The normalized spacial score (nSPS) is 39.9. The van der Waals surface area contributed by atoms with Gasteiger partial charge in [0.05, 0.1) is 30.5 Å². The van der Waals surface area contributed by atoms with Gasteiger partial charge in [-0.05, 0) is 155 Å². The Hall–Kier alpha value is -3.75. The molecule has 0 spiro atoms. The van der Waals surface area contributed by atoms with Crippen LogP contribution < -0.4 is 0 Å². The van der Waals surface area contributed by atoms with Crippen molar-refractivity contribution in [3.05, 3.63) is 88.6 Å². The first kappa shape index (κ1) is 58.5. The molecule has 0 radical (unpaired) electrons. The van der Waals surface area contributed by atoms with Gasteiger partial charge in [0.2, 0.25) is 5.79 Å². The Bertz CT molecular complexity index is 2200. The number of ketones is 1. The number of aliphatic hydroxyl groups is 4. The Morgan fingerprint density at radius 2 is 1.59 bits per heavy atom. The van der Waals surface area contributed by atoms with E-state index in [0.717, 1.165) is 24.8 Å². The molecule has 2 bridgehead atoms. The molecule has 12 heteroatoms. The number of fused-ring (bicyclic) bond motifs is 4. The Balaban J connectivity index is 1.34. The number of esters is 1. The van der Waals surface area contributed by atoms with Crippen LogP contribution in [0, 0.1) is 54.3 Å². The van der Waals surface area contributed by atoms with Crippen LogP contribution in [0.1, 0.15) is 149 Å². The molecular formula is C61H91NO11. The van der Waals surface area contributed by atoms with Crippen LogP contribution in [0.4, 0.5) is 0 Å². The minimum absolute atomic E-state index is 0.00413. The molecular weight excluding hydrogens is 923 g/mol. The molecule has 3 heterocycles. The summed E-state index contributed by atoms with van der Waals surface area (Å²) in [7, 11) is 3.23. The van der Waals surface area contributed by atoms with Crippen LogP contribution in [-0.2, 0) is 39.8 Å². The van der Waals surface area contributed by atoms with Gasteiger partial charge in [-0.15, -0.1) is 0 Å². The summed E-state index contributed by atoms with van der Waals surface area (Å²) in [4.78, 5) is 45.1. The van der Waals surface area contributed by atoms with Crippen molar-refractivity contribution in [2.45, 2.75) is 200 Å². The van der Waals surface area contributed by atoms with Gasteiger partial charge in [-0.2, -0.15) is 0 Å². The molecule has 1 aromatic rings. The van der Waals surface area contributed by atoms with Crippen molar-refractivity contribution < 1.29 is 53.8 Å². The van der Waals surface area contributed by atoms with E-state index in [1.807, 2.05) is 32.9 Å². The smallest absolute Gasteiger partial charge is 0.329 e. The van der Waals surface area contributed by atoms with Gasteiger partial charge in [0.1, 0.15) is 18.2 Å². The van der Waals surface area contributed by atoms with Crippen LogP contribution >= 0.6 is 0 Å². The number of aliphatic hydroxyl groups excluding tert-OH is 3. The second kappa shape index (κ2) is 26.3. The van der Waals surface area contributed by atoms with Gasteiger partial charge in [-0.3, -0.25) is 9.59 Å². The fraction of sp³-hybridized carbons (Fsp3) is 0.689. The van der Waals surface area contributed by atoms with E-state index >= 15 is 0 Å². The highest BCUT2D eigenvalue weighted by Gasteiger charge is 2.53. The average Bonchev–Trinajstić information content (AvgIpc) is 3.81. The molecule has 4 N–H and O–H groups in total. The van der Waals surface area contributed by atoms with Gasteiger partial charge in [-0.1, -0.05) is 108 Å². The maximum atomic E-state index is 14.6. The maximum Gasteiger partial charge on any atom is 0.329 e. The summed E-state index contributed by atoms with van der Waals surface area (Å²) in [6, 6.07) is 5.30. The Morgan fingerprint density at radius 3 is 2.32 bits per heavy atom. The highest BCUT2D eigenvalue weighted by atomic mass is 16.6. The van der Waals surface area contributed by atoms with Crippen LogP contribution in [0.2, 0.25) is 0 Å². The molecule has 5 aliphatic rings. The highest BCUT2D eigenvalue weighted by Crippen LogP contribution is 2.44. The molecule has 1 amide bonds. The molecule has 1 unspecified atom stereocenters. The quantitative estimate of drug-likeness (QED) is 0.122. The summed E-state index contributed by atoms with van der Waals surface area (Å²) in [6.45, 7) is 18.4. The molecule has 2 saturated heterocycles. The van der Waals surface area contributed by atoms with Crippen molar-refractivity contribution in [2.75, 3.05) is 20.8 Å². The van der Waals surface area contributed by atoms with Gasteiger partial charge >= 0.3 is 5.97 Å². The number of ether oxygens (including phenoxy) is 4. The van der Waals surface area contributed by atoms with Crippen LogP contribution in [-0.4, -0.2) is 118 Å². The lowest BCUT2D eigenvalue weighted by molar-refractivity contribution is -0.264. The molecule has 1 saturated carbocycles. The zero-order valence-corrected chi connectivity index (χ0v) is 46.0. The molecule has 406 valence electrons. The average molecular weight is 1010 g/mol. The molecule has 3 fully saturated rings. The largest absolute Gasteiger partial charge is 0.460 e. The molecule has 17 atom stereocenters. The van der Waals surface area contributed by atoms with Crippen molar-refractivity contribution in [3.8, 4) is 0 Å². The fourth-order valence-electron chi connectivity index (χ4n) is 12.7. The first-order chi connectivity index (χ1) is 34.7. The van der Waals surface area contributed by atoms with E-state index in [2.05, 4.69) is 83.2 Å². The van der Waals surface area contributed by atoms with E-state index in [9.17, 15) is 34.8 Å². The summed E-state index contributed by atoms with van der Waals surface area (Å²) in [5.74, 6) is -5.94. The number of carbonyl (C=O) groups excluding carboxylic acids is 3. The SMILES string of the molecule is CO[C@H]1[C@@H](C)[C@H](C)C[C@H](C)/C=C/C=C/C=C(\C)[C@@H](C2=CCc3c(C)cccc32)C[C@@H]2CC[C@@H](C)[C@@](O)(O2)C(=O)C(=O)N2CCCCC2C(=O)O[C@H]([C@H](C)C[C@@H]2CC[C@@H](O)[C@H](OC)C2)C[C@H](O)[C@H](C)/C=C(\C)[C@H]1O. The van der Waals surface area contributed by atoms with E-state index in [1.165, 1.54) is 27.2 Å². The summed E-state index contributed by atoms with van der Waals surface area (Å²) >= 11 is 0. The van der Waals surface area contributed by atoms with Gasteiger partial charge in [0.15, 0.2) is 0 Å². The minimum Gasteiger partial charge on any atom is -0.460 e. The molecule has 6 rings (SSSR count). The number of cyclic esters (lactones) is 1. The Kier molecular flexibility index (Phi) is 21.1. The standard InChI is InChI=1S/C61H91NO11/c1-36-18-13-12-14-19-38(3)50(49-27-26-47-37(2)20-17-21-48(47)49)34-46-25-23-43(8)61(69,73-46)58(66)59(67)62-29-16-15-22-51(62)60(68)72-54(41(6)32-45-24-28-52(63)55(33-45)70-10)35-53(64)40(5)31-42(7)56(65)57(71-11)44(9)39(4)30-36/h12-14,17-21,27,31,36,39-41,43-46,50-57,63-65,69H,15-16,22-26,28-30,32-35H2,1-11H3/b14-12+,18-13+,38-19+,42-31+/t36-,39-,40-,41-,43-,44+,45+,46+,50+,51?,52-,53+,54+,55-,56-,57+,61-/m1/s1. The number of hydrogen-bond acceptors (Lipinski definition) is 11. The first-order valence-corrected chi connectivity index (χ1v) is 27.7. The summed E-state index contributed by atoms with van der Waals surface area (Å²) in [5, 5.41) is 46.7. The monoisotopic (exact) mass is 1010 g/mol. The zero-order valence-electron chi connectivity index (χ0n) is 46.0. The third-order valence-electron chi connectivity index (χ3n) is 17.8. The number of methoxy groups -OCH3 is 2. The van der Waals surface area contributed by atoms with Gasteiger partial charge < -0.3 is 44.3 Å². The van der Waals surface area contributed by atoms with Gasteiger partial charge in [-0.25, -0.2) is 4.79 Å². The number of carbonyl (C=O) groups is 3. The van der Waals surface area contributed by atoms with Crippen LogP contribution in [0.25, 0.3) is 5.57 Å². The third-order valence-corrected chi connectivity index (χ3v) is 17.8. The predicted octanol–water partition coefficient (Wildman–Crippen LogP) is 9.59. The van der Waals surface area contributed by atoms with Crippen molar-refractivity contribution in [1.29, 1.82) is 0 Å². The molecule has 0 aromatic heterocycles. The summed E-state index contributed by atoms with van der Waals surface area (Å²) in [5.41, 5.74) is 6.67. The minimum atomic E-state index is -2.40. The first-order valence-electron chi connectivity index (χ1n) is 27.7. The highest BCUT2D eigenvalue weighted by molar-refractivity contribution is 6.39. The molecule has 1 aromatic carbocycles. The second-order valence-corrected chi connectivity index (χ2v) is 23.2. The number of aryl methyl sites for hydroxylation is 1. The summed E-state index contributed by atoms with van der Waals surface area (Å²) in [6.07, 6.45) is 17.5. The third kappa shape index (κ3) is 14.2. The van der Waals surface area contributed by atoms with E-state index < -0.39 is 77.9 Å². The van der Waals surface area contributed by atoms with Crippen LogP contribution in [0.5, 0.6) is 0 Å². The van der Waals surface area contributed by atoms with E-state index in [4.69, 9.17) is 18.9 Å². The maximum absolute atomic E-state index is 14.6. The zero-order chi connectivity index (χ0) is 53.3. The van der Waals surface area contributed by atoms with Crippen LogP contribution in [0.3, 0.4) is 0 Å². The number of rotatable bonds is 6. The summed E-state index contributed by atoms with van der Waals surface area (Å²) < 4.78 is 24.6. The van der Waals surface area contributed by atoms with E-state index in [0.29, 0.717) is 56.9 Å². The molecule has 12 nitrogen and oxygen atoms in total. The van der Waals surface area contributed by atoms with Gasteiger partial charge in [0, 0.05) is 44.9 Å². The number of benzene rings is 1. The second-order valence-electron chi connectivity index (χ2n) is 23.2. The molecule has 73 heavy (non-hydrogen) atoms. The lowest BCUT2D eigenvalue weighted by Crippen LogP contribution is -2.60. The van der Waals surface area contributed by atoms with E-state index in [-0.39, 0.29) is 61.0 Å². The van der Waals surface area contributed by atoms with Crippen molar-refractivity contribution in [1.82, 2.24) is 4.90 Å². The number of Topliss-reactive ketones (excluding diaryl/α,β-unsaturated/α-hetero) is 1. The van der Waals surface area contributed by atoms with Gasteiger partial charge in [0.25, 0.3) is 11.7 Å².